The molecule has 0 bridgehead atoms. The van der Waals surface area contributed by atoms with E-state index in [1.165, 1.54) is 18.2 Å². The quantitative estimate of drug-likeness (QED) is 0.784. The van der Waals surface area contributed by atoms with Gasteiger partial charge in [0.05, 0.1) is 0 Å². The van der Waals surface area contributed by atoms with Gasteiger partial charge in [-0.25, -0.2) is 13.1 Å². The molecule has 0 aliphatic rings. The van der Waals surface area contributed by atoms with Crippen molar-refractivity contribution < 1.29 is 8.42 Å². The Balaban J connectivity index is 2.93. The summed E-state index contributed by atoms with van der Waals surface area (Å²) >= 11 is 0.944. The average molecular weight is 228 g/mol. The number of nitrogens with one attached hydrogen (secondary N) is 1. The molecule has 0 saturated carbocycles. The molecule has 1 rings (SSSR count). The third-order valence-corrected chi connectivity index (χ3v) is 4.28. The molecule has 0 aromatic carbocycles. The van der Waals surface area contributed by atoms with Crippen LogP contribution in [0.5, 0.6) is 0 Å². The first-order valence-corrected chi connectivity index (χ1v) is 6.00. The molecule has 1 aromatic heterocycles. The average Bonchev–Trinajstić information content (AvgIpc) is 2.63. The highest BCUT2D eigenvalue weighted by molar-refractivity contribution is 7.91. The first kappa shape index (κ1) is 10.9. The van der Waals surface area contributed by atoms with Gasteiger partial charge in [-0.3, -0.25) is 0 Å². The highest BCUT2D eigenvalue weighted by atomic mass is 32.2. The molecule has 1 heterocycles. The fourth-order valence-corrected chi connectivity index (χ4v) is 2.91. The van der Waals surface area contributed by atoms with Crippen LogP contribution in [0.4, 0.5) is 0 Å². The second kappa shape index (κ2) is 4.37. The lowest BCUT2D eigenvalue weighted by atomic mass is 10.5. The number of sulfonamides is 1. The van der Waals surface area contributed by atoms with Crippen LogP contribution in [0, 0.1) is 11.3 Å². The topological polar surface area (TPSA) is 70.0 Å². The zero-order valence-electron chi connectivity index (χ0n) is 7.23. The molecule has 4 nitrogen and oxygen atoms in total. The molecule has 0 radical (unpaired) electrons. The number of hydrogen-bond acceptors (Lipinski definition) is 4. The zero-order chi connectivity index (χ0) is 10.6. The van der Waals surface area contributed by atoms with E-state index in [4.69, 9.17) is 5.26 Å². The molecule has 0 saturated heterocycles. The second-order valence-corrected chi connectivity index (χ2v) is 5.45. The normalized spacial score (nSPS) is 10.8. The van der Waals surface area contributed by atoms with Crippen molar-refractivity contribution in [3.8, 4) is 6.07 Å². The summed E-state index contributed by atoms with van der Waals surface area (Å²) in [5.41, 5.74) is 0. The molecule has 0 spiro atoms. The molecule has 0 amide bonds. The molecule has 1 aromatic rings. The van der Waals surface area contributed by atoms with Crippen LogP contribution in [-0.4, -0.2) is 15.0 Å². The van der Waals surface area contributed by atoms with E-state index in [0.29, 0.717) is 4.88 Å². The molecule has 14 heavy (non-hydrogen) atoms. The van der Waals surface area contributed by atoms with Crippen molar-refractivity contribution in [3.63, 3.8) is 0 Å². The highest BCUT2D eigenvalue weighted by Gasteiger charge is 2.15. The van der Waals surface area contributed by atoms with Crippen molar-refractivity contribution in [2.45, 2.75) is 4.21 Å². The van der Waals surface area contributed by atoms with Gasteiger partial charge in [-0.1, -0.05) is 6.08 Å². The van der Waals surface area contributed by atoms with E-state index in [2.05, 4.69) is 11.3 Å². The first-order chi connectivity index (χ1) is 6.60. The Hall–Kier alpha value is -1.16. The summed E-state index contributed by atoms with van der Waals surface area (Å²) in [5.74, 6) is 0. The van der Waals surface area contributed by atoms with Crippen molar-refractivity contribution in [1.29, 1.82) is 5.26 Å². The van der Waals surface area contributed by atoms with Gasteiger partial charge in [0, 0.05) is 6.54 Å². The van der Waals surface area contributed by atoms with Crippen LogP contribution in [-0.2, 0) is 10.0 Å². The van der Waals surface area contributed by atoms with Gasteiger partial charge in [-0.15, -0.1) is 17.9 Å². The van der Waals surface area contributed by atoms with Crippen molar-refractivity contribution in [3.05, 3.63) is 29.7 Å². The molecule has 0 aliphatic carbocycles. The van der Waals surface area contributed by atoms with Crippen LogP contribution in [0.1, 0.15) is 4.88 Å². The van der Waals surface area contributed by atoms with Crippen LogP contribution >= 0.6 is 11.3 Å². The smallest absolute Gasteiger partial charge is 0.207 e. The summed E-state index contributed by atoms with van der Waals surface area (Å²) in [7, 11) is -3.47. The van der Waals surface area contributed by atoms with Gasteiger partial charge in [0.2, 0.25) is 10.0 Å². The maximum absolute atomic E-state index is 11.5. The van der Waals surface area contributed by atoms with Crippen LogP contribution in [0.25, 0.3) is 0 Å². The summed E-state index contributed by atoms with van der Waals surface area (Å²) in [6, 6.07) is 4.77. The Bertz CT molecular complexity index is 468. The summed E-state index contributed by atoms with van der Waals surface area (Å²) in [5, 5.41) is 8.52. The van der Waals surface area contributed by atoms with Crippen molar-refractivity contribution >= 4 is 21.4 Å². The van der Waals surface area contributed by atoms with E-state index < -0.39 is 10.0 Å². The van der Waals surface area contributed by atoms with Crippen molar-refractivity contribution in [1.82, 2.24) is 4.72 Å². The van der Waals surface area contributed by atoms with Crippen molar-refractivity contribution in [2.24, 2.45) is 0 Å². The van der Waals surface area contributed by atoms with E-state index in [1.807, 2.05) is 6.07 Å². The molecule has 6 heteroatoms. The lowest BCUT2D eigenvalue weighted by molar-refractivity contribution is 0.588. The number of rotatable bonds is 4. The van der Waals surface area contributed by atoms with Gasteiger partial charge < -0.3 is 0 Å². The second-order valence-electron chi connectivity index (χ2n) is 2.37. The highest BCUT2D eigenvalue weighted by Crippen LogP contribution is 2.20. The predicted molar refractivity (Wildman–Crippen MR) is 54.4 cm³/mol. The largest absolute Gasteiger partial charge is 0.250 e. The van der Waals surface area contributed by atoms with Gasteiger partial charge in [0.25, 0.3) is 0 Å². The van der Waals surface area contributed by atoms with Crippen LogP contribution in [0.3, 0.4) is 0 Å². The Kier molecular flexibility index (Phi) is 3.41. The monoisotopic (exact) mass is 228 g/mol. The summed E-state index contributed by atoms with van der Waals surface area (Å²) < 4.78 is 25.4. The summed E-state index contributed by atoms with van der Waals surface area (Å²) in [6.45, 7) is 3.59. The van der Waals surface area contributed by atoms with Gasteiger partial charge in [0.15, 0.2) is 0 Å². The van der Waals surface area contributed by atoms with E-state index in [0.717, 1.165) is 11.3 Å². The fraction of sp³-hybridized carbons (Fsp3) is 0.125. The van der Waals surface area contributed by atoms with Gasteiger partial charge in [0.1, 0.15) is 15.2 Å². The zero-order valence-corrected chi connectivity index (χ0v) is 8.86. The van der Waals surface area contributed by atoms with E-state index in [-0.39, 0.29) is 10.8 Å². The van der Waals surface area contributed by atoms with E-state index in [9.17, 15) is 8.42 Å². The third-order valence-electron chi connectivity index (χ3n) is 1.37. The maximum Gasteiger partial charge on any atom is 0.250 e. The molecule has 74 valence electrons. The molecule has 0 fully saturated rings. The Morgan fingerprint density at radius 2 is 2.36 bits per heavy atom. The number of nitrogens with zero attached hydrogens (tertiary/aromatic N) is 1. The fourth-order valence-electron chi connectivity index (χ4n) is 0.764. The Morgan fingerprint density at radius 1 is 1.64 bits per heavy atom. The lowest BCUT2D eigenvalue weighted by Gasteiger charge is -1.99. The molecular weight excluding hydrogens is 220 g/mol. The number of thiophene rings is 1. The molecule has 0 atom stereocenters. The molecule has 0 unspecified atom stereocenters. The van der Waals surface area contributed by atoms with Gasteiger partial charge in [-0.05, 0) is 12.1 Å². The number of hydrogen-bond donors (Lipinski definition) is 1. The first-order valence-electron chi connectivity index (χ1n) is 3.70. The van der Waals surface area contributed by atoms with Gasteiger partial charge in [-0.2, -0.15) is 5.26 Å². The minimum Gasteiger partial charge on any atom is -0.207 e. The molecule has 0 aliphatic heterocycles. The third kappa shape index (κ3) is 2.42. The van der Waals surface area contributed by atoms with Crippen LogP contribution in [0.2, 0.25) is 0 Å². The molecule has 1 N–H and O–H groups in total. The van der Waals surface area contributed by atoms with Gasteiger partial charge >= 0.3 is 0 Å². The predicted octanol–water partition coefficient (Wildman–Crippen LogP) is 1.08. The Morgan fingerprint density at radius 3 is 2.86 bits per heavy atom. The van der Waals surface area contributed by atoms with Crippen LogP contribution in [0.15, 0.2) is 29.0 Å². The maximum atomic E-state index is 11.5. The number of nitriles is 1. The van der Waals surface area contributed by atoms with E-state index >= 15 is 0 Å². The van der Waals surface area contributed by atoms with Crippen molar-refractivity contribution in [2.75, 3.05) is 6.54 Å². The minimum atomic E-state index is -3.47. The lowest BCUT2D eigenvalue weighted by Crippen LogP contribution is -2.22. The SMILES string of the molecule is C=CCNS(=O)(=O)c1ccc(C#N)s1. The summed E-state index contributed by atoms with van der Waals surface area (Å²) in [4.78, 5) is 0.379. The molecular formula is C8H8N2O2S2. The Labute approximate surface area is 86.5 Å². The van der Waals surface area contributed by atoms with Crippen LogP contribution < -0.4 is 4.72 Å². The van der Waals surface area contributed by atoms with E-state index in [1.54, 1.807) is 0 Å². The summed E-state index contributed by atoms with van der Waals surface area (Å²) in [6.07, 6.45) is 1.45. The minimum absolute atomic E-state index is 0.149. The standard InChI is InChI=1S/C8H8N2O2S2/c1-2-5-10-14(11,12)8-4-3-7(6-9)13-8/h2-4,10H,1,5H2.